The molecule has 1 fully saturated rings. The van der Waals surface area contributed by atoms with Gasteiger partial charge in [-0.25, -0.2) is 0 Å². The van der Waals surface area contributed by atoms with Crippen molar-refractivity contribution in [3.05, 3.63) is 58.5 Å². The van der Waals surface area contributed by atoms with E-state index in [9.17, 15) is 9.90 Å². The summed E-state index contributed by atoms with van der Waals surface area (Å²) in [4.78, 5) is 18.0. The molecule has 1 aromatic carbocycles. The van der Waals surface area contributed by atoms with Crippen molar-refractivity contribution in [2.75, 3.05) is 0 Å². The third-order valence-corrected chi connectivity index (χ3v) is 5.87. The molecule has 2 aromatic heterocycles. The second-order valence-corrected chi connectivity index (χ2v) is 8.00. The number of aromatic nitrogens is 3. The highest BCUT2D eigenvalue weighted by Crippen LogP contribution is 2.38. The van der Waals surface area contributed by atoms with Crippen molar-refractivity contribution in [2.45, 2.75) is 45.8 Å². The molecule has 146 valence electrons. The smallest absolute Gasteiger partial charge is 0.252 e. The van der Waals surface area contributed by atoms with E-state index in [1.807, 2.05) is 45.3 Å². The molecule has 0 saturated heterocycles. The van der Waals surface area contributed by atoms with Crippen LogP contribution in [0.4, 0.5) is 0 Å². The van der Waals surface area contributed by atoms with Crippen LogP contribution in [0.1, 0.15) is 51.6 Å². The molecular formula is C22H26N4O2. The lowest BCUT2D eigenvalue weighted by Crippen LogP contribution is -2.41. The first-order valence-electron chi connectivity index (χ1n) is 9.68. The van der Waals surface area contributed by atoms with Crippen molar-refractivity contribution >= 4 is 16.8 Å². The summed E-state index contributed by atoms with van der Waals surface area (Å²) in [7, 11) is 1.86. The molecule has 6 nitrogen and oxygen atoms in total. The monoisotopic (exact) mass is 378 g/mol. The molecule has 0 aliphatic heterocycles. The van der Waals surface area contributed by atoms with Crippen molar-refractivity contribution < 1.29 is 9.90 Å². The Kier molecular flexibility index (Phi) is 4.67. The predicted octanol–water partition coefficient (Wildman–Crippen LogP) is 3.14. The number of carbonyl (C=O) groups is 1. The fourth-order valence-corrected chi connectivity index (χ4v) is 4.04. The number of aryl methyl sites for hydroxylation is 4. The van der Waals surface area contributed by atoms with E-state index in [0.29, 0.717) is 18.4 Å². The predicted molar refractivity (Wildman–Crippen MR) is 108 cm³/mol. The average molecular weight is 378 g/mol. The highest BCUT2D eigenvalue weighted by molar-refractivity contribution is 6.07. The SMILES string of the molecule is Cc1cc(C(=O)NC(c2cnn(C)c2)C2CC(O)C2)c2ccc(C)c(C)c2n1. The molecule has 28 heavy (non-hydrogen) atoms. The number of rotatable bonds is 4. The van der Waals surface area contributed by atoms with Gasteiger partial charge in [0.15, 0.2) is 0 Å². The minimum Gasteiger partial charge on any atom is -0.393 e. The number of carbonyl (C=O) groups excluding carboxylic acids is 1. The number of pyridine rings is 1. The van der Waals surface area contributed by atoms with E-state index in [4.69, 9.17) is 0 Å². The summed E-state index contributed by atoms with van der Waals surface area (Å²) in [5.74, 6) is 0.0929. The molecule has 0 bridgehead atoms. The molecule has 0 radical (unpaired) electrons. The summed E-state index contributed by atoms with van der Waals surface area (Å²) < 4.78 is 1.74. The fraction of sp³-hybridized carbons (Fsp3) is 0.409. The summed E-state index contributed by atoms with van der Waals surface area (Å²) in [5, 5.41) is 18.1. The number of benzene rings is 1. The normalized spacial score (nSPS) is 20.0. The van der Waals surface area contributed by atoms with Gasteiger partial charge in [-0.1, -0.05) is 12.1 Å². The average Bonchev–Trinajstić information content (AvgIpc) is 3.06. The van der Waals surface area contributed by atoms with Crippen LogP contribution in [0.3, 0.4) is 0 Å². The standard InChI is InChI=1S/C22H26N4O2/c1-12-5-6-18-19(7-13(2)24-20(18)14(12)3)22(28)25-21(15-8-17(27)9-15)16-10-23-26(4)11-16/h5-7,10-11,15,17,21,27H,8-9H2,1-4H3,(H,25,28). The molecule has 2 heterocycles. The number of aliphatic hydroxyl groups is 1. The van der Waals surface area contributed by atoms with E-state index in [1.165, 1.54) is 0 Å². The Morgan fingerprint density at radius 2 is 2.04 bits per heavy atom. The number of nitrogens with one attached hydrogen (secondary N) is 1. The number of nitrogens with zero attached hydrogens (tertiary/aromatic N) is 3. The Morgan fingerprint density at radius 3 is 2.68 bits per heavy atom. The van der Waals surface area contributed by atoms with Gasteiger partial charge in [0.1, 0.15) is 0 Å². The third-order valence-electron chi connectivity index (χ3n) is 5.87. The molecule has 1 aliphatic carbocycles. The lowest BCUT2D eigenvalue weighted by molar-refractivity contribution is 0.0235. The number of hydrogen-bond acceptors (Lipinski definition) is 4. The van der Waals surface area contributed by atoms with Crippen molar-refractivity contribution in [1.82, 2.24) is 20.1 Å². The van der Waals surface area contributed by atoms with Gasteiger partial charge < -0.3 is 10.4 Å². The second kappa shape index (κ2) is 7.02. The van der Waals surface area contributed by atoms with Gasteiger partial charge >= 0.3 is 0 Å². The van der Waals surface area contributed by atoms with Crippen molar-refractivity contribution in [1.29, 1.82) is 0 Å². The molecule has 1 atom stereocenters. The second-order valence-electron chi connectivity index (χ2n) is 8.00. The maximum Gasteiger partial charge on any atom is 0.252 e. The van der Waals surface area contributed by atoms with Gasteiger partial charge in [-0.2, -0.15) is 5.10 Å². The molecule has 1 aliphatic rings. The first-order valence-corrected chi connectivity index (χ1v) is 9.68. The lowest BCUT2D eigenvalue weighted by atomic mass is 9.75. The third kappa shape index (κ3) is 3.29. The van der Waals surface area contributed by atoms with E-state index in [2.05, 4.69) is 22.3 Å². The molecular weight excluding hydrogens is 352 g/mol. The summed E-state index contributed by atoms with van der Waals surface area (Å²) >= 11 is 0. The Hall–Kier alpha value is -2.73. The summed E-state index contributed by atoms with van der Waals surface area (Å²) in [6.45, 7) is 6.01. The van der Waals surface area contributed by atoms with Crippen molar-refractivity contribution in [2.24, 2.45) is 13.0 Å². The number of fused-ring (bicyclic) bond motifs is 1. The molecule has 3 aromatic rings. The van der Waals surface area contributed by atoms with Gasteiger partial charge in [-0.3, -0.25) is 14.5 Å². The highest BCUT2D eigenvalue weighted by Gasteiger charge is 2.36. The maximum atomic E-state index is 13.3. The van der Waals surface area contributed by atoms with E-state index in [1.54, 1.807) is 10.9 Å². The maximum absolute atomic E-state index is 13.3. The van der Waals surface area contributed by atoms with Crippen LogP contribution >= 0.6 is 0 Å². The zero-order valence-corrected chi connectivity index (χ0v) is 16.7. The topological polar surface area (TPSA) is 80.0 Å². The van der Waals surface area contributed by atoms with Gasteiger partial charge in [0.2, 0.25) is 0 Å². The molecule has 4 rings (SSSR count). The Labute approximate surface area is 164 Å². The van der Waals surface area contributed by atoms with Crippen LogP contribution in [0.2, 0.25) is 0 Å². The Balaban J connectivity index is 1.71. The van der Waals surface area contributed by atoms with E-state index in [0.717, 1.165) is 33.3 Å². The van der Waals surface area contributed by atoms with E-state index < -0.39 is 0 Å². The largest absolute Gasteiger partial charge is 0.393 e. The molecule has 0 spiro atoms. The molecule has 2 N–H and O–H groups in total. The van der Waals surface area contributed by atoms with E-state index in [-0.39, 0.29) is 24.0 Å². The summed E-state index contributed by atoms with van der Waals surface area (Å²) in [5.41, 5.74) is 5.56. The lowest BCUT2D eigenvalue weighted by Gasteiger charge is -2.37. The molecule has 1 unspecified atom stereocenters. The molecule has 6 heteroatoms. The summed E-state index contributed by atoms with van der Waals surface area (Å²) in [6.07, 6.45) is 4.82. The van der Waals surface area contributed by atoms with Crippen LogP contribution in [0.25, 0.3) is 10.9 Å². The van der Waals surface area contributed by atoms with Crippen molar-refractivity contribution in [3.63, 3.8) is 0 Å². The quantitative estimate of drug-likeness (QED) is 0.731. The van der Waals surface area contributed by atoms with Crippen LogP contribution in [0.5, 0.6) is 0 Å². The Morgan fingerprint density at radius 1 is 1.29 bits per heavy atom. The van der Waals surface area contributed by atoms with E-state index >= 15 is 0 Å². The zero-order chi connectivity index (χ0) is 20.0. The van der Waals surface area contributed by atoms with Crippen molar-refractivity contribution in [3.8, 4) is 0 Å². The zero-order valence-electron chi connectivity index (χ0n) is 16.7. The first kappa shape index (κ1) is 18.6. The van der Waals surface area contributed by atoms with Crippen LogP contribution in [-0.4, -0.2) is 31.9 Å². The number of hydrogen-bond donors (Lipinski definition) is 2. The first-order chi connectivity index (χ1) is 13.3. The van der Waals surface area contributed by atoms with Gasteiger partial charge in [0.25, 0.3) is 5.91 Å². The van der Waals surface area contributed by atoms with Gasteiger partial charge in [-0.05, 0) is 56.7 Å². The molecule has 1 saturated carbocycles. The molecule has 1 amide bonds. The number of amides is 1. The van der Waals surface area contributed by atoms with Crippen LogP contribution in [0, 0.1) is 26.7 Å². The van der Waals surface area contributed by atoms with Gasteiger partial charge in [-0.15, -0.1) is 0 Å². The minimum absolute atomic E-state index is 0.117. The van der Waals surface area contributed by atoms with Crippen LogP contribution in [0.15, 0.2) is 30.6 Å². The van der Waals surface area contributed by atoms with Crippen LogP contribution in [-0.2, 0) is 7.05 Å². The van der Waals surface area contributed by atoms with Crippen LogP contribution < -0.4 is 5.32 Å². The van der Waals surface area contributed by atoms with Gasteiger partial charge in [0.05, 0.1) is 29.4 Å². The highest BCUT2D eigenvalue weighted by atomic mass is 16.3. The Bertz CT molecular complexity index is 1050. The fourth-order valence-electron chi connectivity index (χ4n) is 4.04. The number of aliphatic hydroxyl groups excluding tert-OH is 1. The minimum atomic E-state index is -0.282. The summed E-state index contributed by atoms with van der Waals surface area (Å²) in [6, 6.07) is 5.69. The van der Waals surface area contributed by atoms with Gasteiger partial charge in [0, 0.05) is 29.9 Å².